The summed E-state index contributed by atoms with van der Waals surface area (Å²) in [6, 6.07) is 14.9. The first-order chi connectivity index (χ1) is 15.9. The first kappa shape index (κ1) is 21.8. The van der Waals surface area contributed by atoms with Crippen LogP contribution < -0.4 is 14.7 Å². The molecule has 0 atom stereocenters. The van der Waals surface area contributed by atoms with Crippen molar-refractivity contribution in [1.29, 1.82) is 0 Å². The molecule has 1 saturated heterocycles. The molecule has 0 unspecified atom stereocenters. The second-order valence-electron chi connectivity index (χ2n) is 7.27. The number of carbonyl (C=O) groups is 2. The number of carbonyl (C=O) groups excluding carboxylic acids is 2. The van der Waals surface area contributed by atoms with E-state index in [1.54, 1.807) is 42.1 Å². The zero-order chi connectivity index (χ0) is 23.1. The Morgan fingerprint density at radius 2 is 1.85 bits per heavy atom. The molecule has 0 saturated carbocycles. The second kappa shape index (κ2) is 8.75. The molecule has 164 valence electrons. The standard InChI is InChI=1S/C23H15ClN4O2S3/c1-14-2-8-17(9-3-14)33-20-13-27-26(10-11-32-27)19(20)12-18-21(29)25-23(31)28(22(18)30)16-6-4-15(24)5-7-16/h2-13H,1H3/p+1/b18-12+. The van der Waals surface area contributed by atoms with Gasteiger partial charge >= 0.3 is 0 Å². The molecule has 1 aliphatic heterocycles. The predicted molar refractivity (Wildman–Crippen MR) is 134 cm³/mol. The summed E-state index contributed by atoms with van der Waals surface area (Å²) in [6.07, 6.45) is 5.49. The van der Waals surface area contributed by atoms with Crippen LogP contribution in [-0.2, 0) is 9.59 Å². The number of aromatic nitrogens is 2. The van der Waals surface area contributed by atoms with Crippen LogP contribution in [0.2, 0.25) is 5.02 Å². The van der Waals surface area contributed by atoms with Crippen molar-refractivity contribution >= 4 is 75.8 Å². The summed E-state index contributed by atoms with van der Waals surface area (Å²) < 4.78 is 3.84. The number of fused-ring (bicyclic) bond motifs is 1. The van der Waals surface area contributed by atoms with Crippen molar-refractivity contribution in [3.8, 4) is 0 Å². The van der Waals surface area contributed by atoms with Gasteiger partial charge in [0.15, 0.2) is 5.11 Å². The fourth-order valence-corrected chi connectivity index (χ4v) is 5.50. The van der Waals surface area contributed by atoms with Gasteiger partial charge in [0.25, 0.3) is 17.5 Å². The summed E-state index contributed by atoms with van der Waals surface area (Å²) in [4.78, 5) is 29.5. The number of hydrogen-bond donors (Lipinski definition) is 1. The second-order valence-corrected chi connectivity index (χ2v) is 10.1. The van der Waals surface area contributed by atoms with Crippen molar-refractivity contribution in [2.75, 3.05) is 4.90 Å². The zero-order valence-corrected chi connectivity index (χ0v) is 20.4. The van der Waals surface area contributed by atoms with E-state index < -0.39 is 11.8 Å². The summed E-state index contributed by atoms with van der Waals surface area (Å²) in [5.74, 6) is -1.02. The summed E-state index contributed by atoms with van der Waals surface area (Å²) in [5, 5.41) is 5.13. The van der Waals surface area contributed by atoms with Crippen molar-refractivity contribution < 1.29 is 14.1 Å². The number of nitrogens with zero attached hydrogens (tertiary/aromatic N) is 3. The highest BCUT2D eigenvalue weighted by molar-refractivity contribution is 7.99. The average molecular weight is 512 g/mol. The Bertz CT molecular complexity index is 1440. The maximum atomic E-state index is 13.4. The summed E-state index contributed by atoms with van der Waals surface area (Å²) in [6.45, 7) is 2.04. The van der Waals surface area contributed by atoms with Crippen molar-refractivity contribution in [1.82, 2.24) is 9.22 Å². The molecule has 1 fully saturated rings. The van der Waals surface area contributed by atoms with E-state index in [9.17, 15) is 9.59 Å². The molecular formula is C23H16ClN4O2S3+. The molecule has 1 aliphatic rings. The Morgan fingerprint density at radius 1 is 1.12 bits per heavy atom. The molecule has 2 amide bonds. The Balaban J connectivity index is 1.57. The minimum Gasteiger partial charge on any atom is -0.298 e. The highest BCUT2D eigenvalue weighted by Gasteiger charge is 2.36. The van der Waals surface area contributed by atoms with E-state index in [1.165, 1.54) is 22.0 Å². The lowest BCUT2D eigenvalue weighted by atomic mass is 10.1. The molecule has 2 aromatic carbocycles. The number of benzene rings is 2. The van der Waals surface area contributed by atoms with Crippen LogP contribution in [-0.4, -0.2) is 20.8 Å². The SMILES string of the molecule is Cc1ccc(Sc2cn3scc[n+]3c2/C=C2\C(=O)NC(=S)N(c3ccc(Cl)cc3)C2=O)cc1. The number of hydrogen-bond acceptors (Lipinski definition) is 5. The lowest BCUT2D eigenvalue weighted by Crippen LogP contribution is -2.54. The van der Waals surface area contributed by atoms with Crippen molar-refractivity contribution in [2.24, 2.45) is 0 Å². The Hall–Kier alpha value is -2.98. The summed E-state index contributed by atoms with van der Waals surface area (Å²) >= 11 is 14.3. The topological polar surface area (TPSA) is 57.9 Å². The van der Waals surface area contributed by atoms with Crippen LogP contribution in [0, 0.1) is 6.92 Å². The van der Waals surface area contributed by atoms with Crippen LogP contribution in [0.4, 0.5) is 5.69 Å². The third kappa shape index (κ3) is 4.20. The van der Waals surface area contributed by atoms with E-state index in [0.717, 1.165) is 15.5 Å². The highest BCUT2D eigenvalue weighted by Crippen LogP contribution is 2.32. The molecule has 0 aliphatic carbocycles. The van der Waals surface area contributed by atoms with Gasteiger partial charge in [-0.25, -0.2) is 0 Å². The van der Waals surface area contributed by atoms with Gasteiger partial charge in [-0.05, 0) is 55.5 Å². The first-order valence-electron chi connectivity index (χ1n) is 9.83. The van der Waals surface area contributed by atoms with Gasteiger partial charge in [0.05, 0.1) is 11.1 Å². The van der Waals surface area contributed by atoms with Gasteiger partial charge in [0, 0.05) is 27.5 Å². The maximum absolute atomic E-state index is 13.4. The monoisotopic (exact) mass is 511 g/mol. The smallest absolute Gasteiger partial charge is 0.270 e. The number of rotatable bonds is 4. The number of anilines is 1. The molecule has 0 radical (unpaired) electrons. The van der Waals surface area contributed by atoms with Crippen LogP contribution in [0.3, 0.4) is 0 Å². The predicted octanol–water partition coefficient (Wildman–Crippen LogP) is 4.53. The van der Waals surface area contributed by atoms with Gasteiger partial charge in [-0.15, -0.1) is 0 Å². The molecule has 0 spiro atoms. The van der Waals surface area contributed by atoms with E-state index in [2.05, 4.69) is 17.4 Å². The largest absolute Gasteiger partial charge is 0.298 e. The minimum absolute atomic E-state index is 0.00361. The molecule has 0 bridgehead atoms. The molecule has 6 nitrogen and oxygen atoms in total. The lowest BCUT2D eigenvalue weighted by Gasteiger charge is -2.28. The van der Waals surface area contributed by atoms with Gasteiger partial charge in [0.2, 0.25) is 6.20 Å². The van der Waals surface area contributed by atoms with Gasteiger partial charge in [-0.1, -0.05) is 49.5 Å². The maximum Gasteiger partial charge on any atom is 0.270 e. The highest BCUT2D eigenvalue weighted by atomic mass is 35.5. The van der Waals surface area contributed by atoms with E-state index in [1.807, 2.05) is 45.3 Å². The number of nitrogens with one attached hydrogen (secondary N) is 1. The fraction of sp³-hybridized carbons (Fsp3) is 0.0435. The molecule has 33 heavy (non-hydrogen) atoms. The summed E-state index contributed by atoms with van der Waals surface area (Å²) in [7, 11) is 0. The number of thiocarbonyl (C=S) groups is 1. The van der Waals surface area contributed by atoms with Gasteiger partial charge in [-0.2, -0.15) is 0 Å². The average Bonchev–Trinajstić information content (AvgIpc) is 3.36. The van der Waals surface area contributed by atoms with Crippen LogP contribution >= 0.6 is 47.1 Å². The van der Waals surface area contributed by atoms with Crippen LogP contribution in [0.25, 0.3) is 6.08 Å². The van der Waals surface area contributed by atoms with Crippen LogP contribution in [0.15, 0.2) is 81.7 Å². The van der Waals surface area contributed by atoms with Gasteiger partial charge in [0.1, 0.15) is 16.7 Å². The molecule has 1 N–H and O–H groups in total. The Kier molecular flexibility index (Phi) is 5.79. The third-order valence-electron chi connectivity index (χ3n) is 5.03. The van der Waals surface area contributed by atoms with Crippen LogP contribution in [0.5, 0.6) is 0 Å². The minimum atomic E-state index is -0.531. The quantitative estimate of drug-likeness (QED) is 0.189. The fourth-order valence-electron chi connectivity index (χ4n) is 3.39. The zero-order valence-electron chi connectivity index (χ0n) is 17.2. The Morgan fingerprint density at radius 3 is 2.58 bits per heavy atom. The van der Waals surface area contributed by atoms with E-state index in [4.69, 9.17) is 23.8 Å². The lowest BCUT2D eigenvalue weighted by molar-refractivity contribution is -0.610. The molecular weight excluding hydrogens is 496 g/mol. The molecule has 4 aromatic rings. The number of amides is 2. The van der Waals surface area contributed by atoms with E-state index in [0.29, 0.717) is 10.7 Å². The van der Waals surface area contributed by atoms with E-state index in [-0.39, 0.29) is 10.7 Å². The normalized spacial score (nSPS) is 15.5. The summed E-state index contributed by atoms with van der Waals surface area (Å²) in [5.41, 5.74) is 2.43. The molecule has 2 aromatic heterocycles. The van der Waals surface area contributed by atoms with Gasteiger partial charge < -0.3 is 0 Å². The number of halogens is 1. The van der Waals surface area contributed by atoms with Crippen molar-refractivity contribution in [3.05, 3.63) is 88.2 Å². The molecule has 3 heterocycles. The van der Waals surface area contributed by atoms with Crippen molar-refractivity contribution in [2.45, 2.75) is 16.7 Å². The Labute approximate surface area is 208 Å². The van der Waals surface area contributed by atoms with Gasteiger partial charge in [-0.3, -0.25) is 19.8 Å². The molecule has 5 rings (SSSR count). The van der Waals surface area contributed by atoms with Crippen molar-refractivity contribution in [3.63, 3.8) is 0 Å². The number of aryl methyl sites for hydroxylation is 1. The van der Waals surface area contributed by atoms with E-state index >= 15 is 0 Å². The molecule has 10 heteroatoms. The third-order valence-corrected chi connectivity index (χ3v) is 7.35. The van der Waals surface area contributed by atoms with Crippen LogP contribution in [0.1, 0.15) is 11.3 Å². The first-order valence-corrected chi connectivity index (χ1v) is 12.3.